The molecule has 3 nitrogen and oxygen atoms in total. The molecule has 2 heterocycles. The molecule has 0 radical (unpaired) electrons. The highest BCUT2D eigenvalue weighted by Crippen LogP contribution is 2.27. The van der Waals surface area contributed by atoms with E-state index in [2.05, 4.69) is 46.9 Å². The summed E-state index contributed by atoms with van der Waals surface area (Å²) in [5, 5.41) is 5.61. The van der Waals surface area contributed by atoms with Gasteiger partial charge in [0.05, 0.1) is 23.4 Å². The second kappa shape index (κ2) is 6.24. The fourth-order valence-electron chi connectivity index (χ4n) is 2.45. The van der Waals surface area contributed by atoms with Crippen molar-refractivity contribution in [2.75, 3.05) is 13.7 Å². The van der Waals surface area contributed by atoms with Crippen LogP contribution in [0, 0.1) is 0 Å². The van der Waals surface area contributed by atoms with Gasteiger partial charge in [0.1, 0.15) is 5.75 Å². The van der Waals surface area contributed by atoms with Crippen molar-refractivity contribution in [1.82, 2.24) is 10.3 Å². The van der Waals surface area contributed by atoms with Gasteiger partial charge in [-0.1, -0.05) is 19.1 Å². The first kappa shape index (κ1) is 14.0. The van der Waals surface area contributed by atoms with Crippen LogP contribution in [-0.4, -0.2) is 18.6 Å². The van der Waals surface area contributed by atoms with Crippen molar-refractivity contribution in [3.8, 4) is 5.75 Å². The van der Waals surface area contributed by atoms with Gasteiger partial charge < -0.3 is 10.1 Å². The first-order chi connectivity index (χ1) is 10.3. The average molecular weight is 298 g/mol. The van der Waals surface area contributed by atoms with Crippen LogP contribution in [0.5, 0.6) is 5.75 Å². The molecule has 3 rings (SSSR count). The average Bonchev–Trinajstić information content (AvgIpc) is 3.00. The maximum Gasteiger partial charge on any atom is 0.118 e. The maximum absolute atomic E-state index is 5.23. The summed E-state index contributed by atoms with van der Waals surface area (Å²) in [4.78, 5) is 4.55. The molecule has 0 spiro atoms. The molecule has 108 valence electrons. The minimum atomic E-state index is 0.153. The molecule has 1 unspecified atom stereocenters. The standard InChI is InChI=1S/C17H18N2OS/c1-3-18-17(12-4-6-14(20-2)7-5-12)13-10-16-15(19-11-13)8-9-21-16/h4-11,17-18H,3H2,1-2H3. The Balaban J connectivity index is 1.98. The number of pyridine rings is 1. The number of hydrogen-bond acceptors (Lipinski definition) is 4. The number of ether oxygens (including phenoxy) is 1. The monoisotopic (exact) mass is 298 g/mol. The predicted molar refractivity (Wildman–Crippen MR) is 88.1 cm³/mol. The van der Waals surface area contributed by atoms with E-state index in [9.17, 15) is 0 Å². The molecule has 0 aliphatic heterocycles. The molecular formula is C17H18N2OS. The topological polar surface area (TPSA) is 34.1 Å². The fraction of sp³-hybridized carbons (Fsp3) is 0.235. The van der Waals surface area contributed by atoms with E-state index in [4.69, 9.17) is 4.74 Å². The Morgan fingerprint density at radius 1 is 1.19 bits per heavy atom. The number of hydrogen-bond donors (Lipinski definition) is 1. The van der Waals surface area contributed by atoms with Crippen LogP contribution in [0.4, 0.5) is 0 Å². The van der Waals surface area contributed by atoms with Crippen LogP contribution in [0.15, 0.2) is 48.0 Å². The molecule has 1 atom stereocenters. The Hall–Kier alpha value is -1.91. The number of thiophene rings is 1. The van der Waals surface area contributed by atoms with Gasteiger partial charge in [-0.05, 0) is 47.3 Å². The Morgan fingerprint density at radius 3 is 2.71 bits per heavy atom. The van der Waals surface area contributed by atoms with Crippen molar-refractivity contribution >= 4 is 21.6 Å². The molecule has 0 saturated heterocycles. The van der Waals surface area contributed by atoms with Gasteiger partial charge in [-0.3, -0.25) is 4.98 Å². The maximum atomic E-state index is 5.23. The highest BCUT2D eigenvalue weighted by atomic mass is 32.1. The Labute approximate surface area is 128 Å². The van der Waals surface area contributed by atoms with E-state index in [0.29, 0.717) is 0 Å². The summed E-state index contributed by atoms with van der Waals surface area (Å²) in [6.45, 7) is 3.02. The molecule has 0 bridgehead atoms. The summed E-state index contributed by atoms with van der Waals surface area (Å²) in [6, 6.07) is 12.6. The van der Waals surface area contributed by atoms with Gasteiger partial charge >= 0.3 is 0 Å². The SMILES string of the molecule is CCNC(c1ccc(OC)cc1)c1cnc2ccsc2c1. The van der Waals surface area contributed by atoms with Gasteiger partial charge in [-0.2, -0.15) is 0 Å². The van der Waals surface area contributed by atoms with Gasteiger partial charge in [-0.15, -0.1) is 11.3 Å². The summed E-state index contributed by atoms with van der Waals surface area (Å²) < 4.78 is 6.46. The van der Waals surface area contributed by atoms with Crippen LogP contribution in [-0.2, 0) is 0 Å². The number of methoxy groups -OCH3 is 1. The number of benzene rings is 1. The summed E-state index contributed by atoms with van der Waals surface area (Å²) in [6.07, 6.45) is 1.96. The molecule has 3 aromatic rings. The lowest BCUT2D eigenvalue weighted by Crippen LogP contribution is -2.22. The van der Waals surface area contributed by atoms with Gasteiger partial charge in [0.2, 0.25) is 0 Å². The van der Waals surface area contributed by atoms with E-state index in [-0.39, 0.29) is 6.04 Å². The van der Waals surface area contributed by atoms with Crippen LogP contribution in [0.3, 0.4) is 0 Å². The van der Waals surface area contributed by atoms with Crippen molar-refractivity contribution in [3.63, 3.8) is 0 Å². The lowest BCUT2D eigenvalue weighted by Gasteiger charge is -2.19. The van der Waals surface area contributed by atoms with Crippen molar-refractivity contribution in [2.24, 2.45) is 0 Å². The molecule has 2 aromatic heterocycles. The van der Waals surface area contributed by atoms with Crippen LogP contribution >= 0.6 is 11.3 Å². The van der Waals surface area contributed by atoms with Crippen molar-refractivity contribution in [1.29, 1.82) is 0 Å². The fourth-order valence-corrected chi connectivity index (χ4v) is 3.24. The summed E-state index contributed by atoms with van der Waals surface area (Å²) in [5.74, 6) is 0.876. The second-order valence-corrected chi connectivity index (χ2v) is 5.78. The lowest BCUT2D eigenvalue weighted by molar-refractivity contribution is 0.414. The molecule has 0 aliphatic carbocycles. The first-order valence-electron chi connectivity index (χ1n) is 7.02. The lowest BCUT2D eigenvalue weighted by atomic mass is 10.00. The minimum Gasteiger partial charge on any atom is -0.497 e. The highest BCUT2D eigenvalue weighted by Gasteiger charge is 2.14. The van der Waals surface area contributed by atoms with Crippen LogP contribution in [0.2, 0.25) is 0 Å². The summed E-state index contributed by atoms with van der Waals surface area (Å²) >= 11 is 1.73. The minimum absolute atomic E-state index is 0.153. The van der Waals surface area contributed by atoms with Crippen LogP contribution in [0.25, 0.3) is 10.2 Å². The Bertz CT molecular complexity index is 721. The van der Waals surface area contributed by atoms with E-state index >= 15 is 0 Å². The molecular weight excluding hydrogens is 280 g/mol. The molecule has 4 heteroatoms. The molecule has 1 aromatic carbocycles. The van der Waals surface area contributed by atoms with E-state index in [1.54, 1.807) is 18.4 Å². The second-order valence-electron chi connectivity index (χ2n) is 4.84. The largest absolute Gasteiger partial charge is 0.497 e. The number of nitrogens with zero attached hydrogens (tertiary/aromatic N) is 1. The van der Waals surface area contributed by atoms with Gasteiger partial charge in [0.25, 0.3) is 0 Å². The third kappa shape index (κ3) is 2.91. The normalized spacial score (nSPS) is 12.5. The van der Waals surface area contributed by atoms with Crippen LogP contribution in [0.1, 0.15) is 24.1 Å². The zero-order valence-electron chi connectivity index (χ0n) is 12.2. The molecule has 1 N–H and O–H groups in total. The highest BCUT2D eigenvalue weighted by molar-refractivity contribution is 7.17. The van der Waals surface area contributed by atoms with E-state index in [0.717, 1.165) is 17.8 Å². The first-order valence-corrected chi connectivity index (χ1v) is 7.90. The Kier molecular flexibility index (Phi) is 4.18. The van der Waals surface area contributed by atoms with E-state index in [1.165, 1.54) is 15.8 Å². The van der Waals surface area contributed by atoms with Crippen LogP contribution < -0.4 is 10.1 Å². The number of rotatable bonds is 5. The van der Waals surface area contributed by atoms with Gasteiger partial charge in [0.15, 0.2) is 0 Å². The van der Waals surface area contributed by atoms with Crippen molar-refractivity contribution in [2.45, 2.75) is 13.0 Å². The van der Waals surface area contributed by atoms with E-state index < -0.39 is 0 Å². The van der Waals surface area contributed by atoms with Crippen molar-refractivity contribution in [3.05, 3.63) is 59.1 Å². The third-order valence-corrected chi connectivity index (χ3v) is 4.37. The summed E-state index contributed by atoms with van der Waals surface area (Å²) in [7, 11) is 1.69. The Morgan fingerprint density at radius 2 is 2.00 bits per heavy atom. The molecule has 21 heavy (non-hydrogen) atoms. The predicted octanol–water partition coefficient (Wildman–Crippen LogP) is 4.00. The molecule has 0 fully saturated rings. The summed E-state index contributed by atoms with van der Waals surface area (Å²) in [5.41, 5.74) is 3.47. The zero-order valence-corrected chi connectivity index (χ0v) is 13.0. The molecule has 0 amide bonds. The quantitative estimate of drug-likeness (QED) is 0.773. The van der Waals surface area contributed by atoms with Gasteiger partial charge in [0, 0.05) is 6.20 Å². The van der Waals surface area contributed by atoms with Crippen molar-refractivity contribution < 1.29 is 4.74 Å². The number of aromatic nitrogens is 1. The van der Waals surface area contributed by atoms with E-state index in [1.807, 2.05) is 18.3 Å². The van der Waals surface area contributed by atoms with Gasteiger partial charge in [-0.25, -0.2) is 0 Å². The number of fused-ring (bicyclic) bond motifs is 1. The molecule has 0 saturated carbocycles. The molecule has 0 aliphatic rings. The smallest absolute Gasteiger partial charge is 0.118 e. The number of nitrogens with one attached hydrogen (secondary N) is 1. The zero-order chi connectivity index (χ0) is 14.7. The third-order valence-electron chi connectivity index (χ3n) is 3.51.